The second-order valence-corrected chi connectivity index (χ2v) is 6.08. The maximum atomic E-state index is 3.80. The summed E-state index contributed by atoms with van der Waals surface area (Å²) >= 11 is 0. The molecule has 1 saturated carbocycles. The van der Waals surface area contributed by atoms with Crippen molar-refractivity contribution < 1.29 is 0 Å². The highest BCUT2D eigenvalue weighted by Crippen LogP contribution is 2.40. The van der Waals surface area contributed by atoms with Crippen LogP contribution in [0.3, 0.4) is 0 Å². The lowest BCUT2D eigenvalue weighted by Crippen LogP contribution is -2.28. The highest BCUT2D eigenvalue weighted by Gasteiger charge is 2.31. The number of benzene rings is 1. The SMILES string of the molecule is c1ccc(C(NCCCN2CCCC2)C2CC2)cc1. The minimum Gasteiger partial charge on any atom is -0.310 e. The van der Waals surface area contributed by atoms with Gasteiger partial charge in [0.25, 0.3) is 0 Å². The van der Waals surface area contributed by atoms with Crippen LogP contribution < -0.4 is 5.32 Å². The van der Waals surface area contributed by atoms with Gasteiger partial charge in [0, 0.05) is 6.04 Å². The maximum absolute atomic E-state index is 3.80. The van der Waals surface area contributed by atoms with Crippen LogP contribution in [-0.4, -0.2) is 31.1 Å². The summed E-state index contributed by atoms with van der Waals surface area (Å²) in [5.41, 5.74) is 1.48. The fraction of sp³-hybridized carbons (Fsp3) is 0.647. The summed E-state index contributed by atoms with van der Waals surface area (Å²) in [7, 11) is 0. The molecule has 1 aliphatic carbocycles. The Bertz CT molecular complexity index is 366. The number of nitrogens with zero attached hydrogens (tertiary/aromatic N) is 1. The van der Waals surface area contributed by atoms with Crippen LogP contribution in [0.15, 0.2) is 30.3 Å². The summed E-state index contributed by atoms with van der Waals surface area (Å²) in [6.45, 7) is 5.08. The van der Waals surface area contributed by atoms with Crippen molar-refractivity contribution >= 4 is 0 Å². The molecule has 1 aromatic rings. The van der Waals surface area contributed by atoms with E-state index in [1.165, 1.54) is 57.3 Å². The van der Waals surface area contributed by atoms with Crippen molar-refractivity contribution in [1.29, 1.82) is 0 Å². The van der Waals surface area contributed by atoms with E-state index in [-0.39, 0.29) is 0 Å². The van der Waals surface area contributed by atoms with Crippen LogP contribution >= 0.6 is 0 Å². The normalized spacial score (nSPS) is 21.7. The fourth-order valence-electron chi connectivity index (χ4n) is 3.21. The van der Waals surface area contributed by atoms with E-state index in [1.54, 1.807) is 0 Å². The van der Waals surface area contributed by atoms with Crippen LogP contribution in [0, 0.1) is 5.92 Å². The lowest BCUT2D eigenvalue weighted by molar-refractivity contribution is 0.325. The molecule has 2 fully saturated rings. The van der Waals surface area contributed by atoms with Gasteiger partial charge < -0.3 is 10.2 Å². The van der Waals surface area contributed by atoms with Gasteiger partial charge in [-0.2, -0.15) is 0 Å². The number of nitrogens with one attached hydrogen (secondary N) is 1. The molecule has 1 atom stereocenters. The lowest BCUT2D eigenvalue weighted by Gasteiger charge is -2.20. The molecule has 1 unspecified atom stereocenters. The third kappa shape index (κ3) is 3.80. The zero-order chi connectivity index (χ0) is 12.9. The van der Waals surface area contributed by atoms with Crippen LogP contribution in [0.1, 0.15) is 43.7 Å². The topological polar surface area (TPSA) is 15.3 Å². The van der Waals surface area contributed by atoms with E-state index in [0.717, 1.165) is 12.5 Å². The Hall–Kier alpha value is -0.860. The Kier molecular flexibility index (Phi) is 4.52. The Balaban J connectivity index is 1.43. The molecular formula is C17H26N2. The highest BCUT2D eigenvalue weighted by atomic mass is 15.1. The van der Waals surface area contributed by atoms with Crippen molar-refractivity contribution in [2.24, 2.45) is 5.92 Å². The van der Waals surface area contributed by atoms with E-state index in [2.05, 4.69) is 40.5 Å². The molecule has 1 aromatic carbocycles. The number of hydrogen-bond acceptors (Lipinski definition) is 2. The van der Waals surface area contributed by atoms with Crippen molar-refractivity contribution in [3.05, 3.63) is 35.9 Å². The molecule has 1 aliphatic heterocycles. The van der Waals surface area contributed by atoms with Crippen LogP contribution in [0.4, 0.5) is 0 Å². The smallest absolute Gasteiger partial charge is 0.0348 e. The Morgan fingerprint density at radius 2 is 1.84 bits per heavy atom. The molecule has 0 spiro atoms. The van der Waals surface area contributed by atoms with Crippen LogP contribution in [0.2, 0.25) is 0 Å². The molecule has 3 rings (SSSR count). The Morgan fingerprint density at radius 1 is 1.11 bits per heavy atom. The quantitative estimate of drug-likeness (QED) is 0.756. The van der Waals surface area contributed by atoms with Crippen LogP contribution in [-0.2, 0) is 0 Å². The van der Waals surface area contributed by atoms with Gasteiger partial charge in [-0.3, -0.25) is 0 Å². The molecule has 1 saturated heterocycles. The number of hydrogen-bond donors (Lipinski definition) is 1. The summed E-state index contributed by atoms with van der Waals surface area (Å²) in [6.07, 6.45) is 6.90. The van der Waals surface area contributed by atoms with Gasteiger partial charge in [0.05, 0.1) is 0 Å². The van der Waals surface area contributed by atoms with Gasteiger partial charge in [-0.25, -0.2) is 0 Å². The van der Waals surface area contributed by atoms with Crippen molar-refractivity contribution in [1.82, 2.24) is 10.2 Å². The first-order valence-corrected chi connectivity index (χ1v) is 7.94. The summed E-state index contributed by atoms with van der Waals surface area (Å²) < 4.78 is 0. The first-order valence-electron chi connectivity index (χ1n) is 7.94. The third-order valence-corrected chi connectivity index (χ3v) is 4.47. The van der Waals surface area contributed by atoms with E-state index in [1.807, 2.05) is 0 Å². The van der Waals surface area contributed by atoms with Gasteiger partial charge >= 0.3 is 0 Å². The summed E-state index contributed by atoms with van der Waals surface area (Å²) in [5.74, 6) is 0.884. The van der Waals surface area contributed by atoms with Crippen molar-refractivity contribution in [2.75, 3.05) is 26.2 Å². The molecule has 0 radical (unpaired) electrons. The van der Waals surface area contributed by atoms with E-state index in [9.17, 15) is 0 Å². The standard InChI is InChI=1S/C17H26N2/c1-2-7-15(8-3-1)17(16-9-10-16)18-11-6-14-19-12-4-5-13-19/h1-3,7-8,16-18H,4-6,9-14H2. The molecule has 104 valence electrons. The monoisotopic (exact) mass is 258 g/mol. The Morgan fingerprint density at radius 3 is 2.53 bits per heavy atom. The molecule has 0 amide bonds. The zero-order valence-corrected chi connectivity index (χ0v) is 11.9. The predicted molar refractivity (Wildman–Crippen MR) is 80.2 cm³/mol. The molecule has 2 aliphatic rings. The van der Waals surface area contributed by atoms with E-state index in [4.69, 9.17) is 0 Å². The van der Waals surface area contributed by atoms with E-state index < -0.39 is 0 Å². The first kappa shape index (κ1) is 13.1. The minimum absolute atomic E-state index is 0.597. The van der Waals surface area contributed by atoms with Crippen LogP contribution in [0.5, 0.6) is 0 Å². The molecule has 0 bridgehead atoms. The molecule has 19 heavy (non-hydrogen) atoms. The van der Waals surface area contributed by atoms with Gasteiger partial charge in [0.15, 0.2) is 0 Å². The second kappa shape index (κ2) is 6.53. The zero-order valence-electron chi connectivity index (χ0n) is 11.9. The Labute approximate surface area is 117 Å². The summed E-state index contributed by atoms with van der Waals surface area (Å²) in [4.78, 5) is 2.61. The maximum Gasteiger partial charge on any atom is 0.0348 e. The van der Waals surface area contributed by atoms with Crippen molar-refractivity contribution in [3.63, 3.8) is 0 Å². The predicted octanol–water partition coefficient (Wildman–Crippen LogP) is 3.21. The second-order valence-electron chi connectivity index (χ2n) is 6.08. The van der Waals surface area contributed by atoms with E-state index in [0.29, 0.717) is 6.04 Å². The van der Waals surface area contributed by atoms with Crippen molar-refractivity contribution in [3.8, 4) is 0 Å². The van der Waals surface area contributed by atoms with Gasteiger partial charge in [0.1, 0.15) is 0 Å². The van der Waals surface area contributed by atoms with Crippen LogP contribution in [0.25, 0.3) is 0 Å². The van der Waals surface area contributed by atoms with Gasteiger partial charge in [-0.1, -0.05) is 30.3 Å². The molecular weight excluding hydrogens is 232 g/mol. The molecule has 0 aromatic heterocycles. The molecule has 2 heteroatoms. The summed E-state index contributed by atoms with van der Waals surface area (Å²) in [5, 5.41) is 3.80. The third-order valence-electron chi connectivity index (χ3n) is 4.47. The average molecular weight is 258 g/mol. The van der Waals surface area contributed by atoms with Gasteiger partial charge in [0.2, 0.25) is 0 Å². The molecule has 1 N–H and O–H groups in total. The highest BCUT2D eigenvalue weighted by molar-refractivity contribution is 5.21. The summed E-state index contributed by atoms with van der Waals surface area (Å²) in [6, 6.07) is 11.6. The first-order chi connectivity index (χ1) is 9.43. The average Bonchev–Trinajstić information content (AvgIpc) is 3.15. The van der Waals surface area contributed by atoms with E-state index >= 15 is 0 Å². The fourth-order valence-corrected chi connectivity index (χ4v) is 3.21. The van der Waals surface area contributed by atoms with Gasteiger partial charge in [-0.15, -0.1) is 0 Å². The largest absolute Gasteiger partial charge is 0.310 e. The lowest BCUT2D eigenvalue weighted by atomic mass is 10.0. The van der Waals surface area contributed by atoms with Gasteiger partial charge in [-0.05, 0) is 69.8 Å². The van der Waals surface area contributed by atoms with Crippen molar-refractivity contribution in [2.45, 2.75) is 38.1 Å². The molecule has 2 nitrogen and oxygen atoms in total. The number of rotatable bonds is 7. The minimum atomic E-state index is 0.597. The molecule has 1 heterocycles. The number of likely N-dealkylation sites (tertiary alicyclic amines) is 1.